The summed E-state index contributed by atoms with van der Waals surface area (Å²) in [6, 6.07) is 8.36. The molecule has 0 saturated heterocycles. The normalized spacial score (nSPS) is 9.44. The van der Waals surface area contributed by atoms with Crippen molar-refractivity contribution >= 4 is 17.3 Å². The monoisotopic (exact) mass is 263 g/mol. The van der Waals surface area contributed by atoms with E-state index >= 15 is 0 Å². The zero-order chi connectivity index (χ0) is 13.4. The zero-order valence-corrected chi connectivity index (χ0v) is 11.4. The Morgan fingerprint density at radius 2 is 1.89 bits per heavy atom. The number of aryl methyl sites for hydroxylation is 3. The fourth-order valence-corrected chi connectivity index (χ4v) is 1.87. The lowest BCUT2D eigenvalue weighted by Gasteiger charge is -1.93. The molecule has 0 spiro atoms. The molecule has 0 saturated carbocycles. The molecule has 0 radical (unpaired) electrons. The standard InChI is InChI=1S/C8H10.C6H7NO2S/c1-7-5-3-4-6-8(7)2;8-6(9)2-1-5-7-3-4-10-5/h3-6H,1-2H3;3-4H,1-2H2,(H,8,9). The number of carbonyl (C=O) groups is 1. The highest BCUT2D eigenvalue weighted by molar-refractivity contribution is 7.09. The fraction of sp³-hybridized carbons (Fsp3) is 0.286. The van der Waals surface area contributed by atoms with Crippen molar-refractivity contribution < 1.29 is 9.90 Å². The summed E-state index contributed by atoms with van der Waals surface area (Å²) in [6.45, 7) is 4.24. The van der Waals surface area contributed by atoms with Gasteiger partial charge in [-0.3, -0.25) is 4.79 Å². The topological polar surface area (TPSA) is 50.2 Å². The van der Waals surface area contributed by atoms with Gasteiger partial charge in [0.15, 0.2) is 0 Å². The van der Waals surface area contributed by atoms with Crippen LogP contribution in [0.2, 0.25) is 0 Å². The number of carboxylic acids is 1. The Kier molecular flexibility index (Phi) is 6.08. The minimum Gasteiger partial charge on any atom is -0.481 e. The van der Waals surface area contributed by atoms with Crippen molar-refractivity contribution in [3.05, 3.63) is 52.0 Å². The molecule has 18 heavy (non-hydrogen) atoms. The molecule has 1 heterocycles. The average molecular weight is 263 g/mol. The van der Waals surface area contributed by atoms with Gasteiger partial charge in [0.25, 0.3) is 0 Å². The summed E-state index contributed by atoms with van der Waals surface area (Å²) in [5, 5.41) is 11.0. The summed E-state index contributed by atoms with van der Waals surface area (Å²) in [5.74, 6) is -0.768. The average Bonchev–Trinajstić information content (AvgIpc) is 2.84. The second-order valence-electron chi connectivity index (χ2n) is 3.90. The number of aromatic nitrogens is 1. The molecule has 0 aliphatic heterocycles. The highest BCUT2D eigenvalue weighted by atomic mass is 32.1. The number of thiazole rings is 1. The number of benzene rings is 1. The lowest BCUT2D eigenvalue weighted by molar-refractivity contribution is -0.136. The first-order valence-electron chi connectivity index (χ1n) is 5.72. The third-order valence-electron chi connectivity index (χ3n) is 2.46. The van der Waals surface area contributed by atoms with E-state index in [9.17, 15) is 4.79 Å². The molecule has 2 rings (SSSR count). The predicted octanol–water partition coefficient (Wildman–Crippen LogP) is 3.46. The van der Waals surface area contributed by atoms with Crippen LogP contribution < -0.4 is 0 Å². The third kappa shape index (κ3) is 5.59. The smallest absolute Gasteiger partial charge is 0.303 e. The van der Waals surface area contributed by atoms with Crippen molar-refractivity contribution in [2.75, 3.05) is 0 Å². The van der Waals surface area contributed by atoms with Crippen LogP contribution in [0.4, 0.5) is 0 Å². The minimum atomic E-state index is -0.768. The van der Waals surface area contributed by atoms with E-state index < -0.39 is 5.97 Å². The summed E-state index contributed by atoms with van der Waals surface area (Å²) in [6.07, 6.45) is 2.41. The van der Waals surface area contributed by atoms with Crippen molar-refractivity contribution in [3.63, 3.8) is 0 Å². The van der Waals surface area contributed by atoms with E-state index in [2.05, 4.69) is 43.1 Å². The van der Waals surface area contributed by atoms with Crippen LogP contribution in [-0.4, -0.2) is 16.1 Å². The summed E-state index contributed by atoms with van der Waals surface area (Å²) in [4.78, 5) is 14.0. The van der Waals surface area contributed by atoms with Crippen LogP contribution >= 0.6 is 11.3 Å². The molecular formula is C14H17NO2S. The van der Waals surface area contributed by atoms with Crippen molar-refractivity contribution in [1.82, 2.24) is 4.98 Å². The molecule has 0 fully saturated rings. The second kappa shape index (κ2) is 7.61. The molecule has 0 unspecified atom stereocenters. The maximum absolute atomic E-state index is 10.1. The predicted molar refractivity (Wildman–Crippen MR) is 74.0 cm³/mol. The third-order valence-corrected chi connectivity index (χ3v) is 3.30. The van der Waals surface area contributed by atoms with E-state index in [-0.39, 0.29) is 6.42 Å². The van der Waals surface area contributed by atoms with Gasteiger partial charge in [0.2, 0.25) is 0 Å². The molecule has 4 heteroatoms. The lowest BCUT2D eigenvalue weighted by Crippen LogP contribution is -1.96. The van der Waals surface area contributed by atoms with Crippen molar-refractivity contribution in [3.8, 4) is 0 Å². The summed E-state index contributed by atoms with van der Waals surface area (Å²) in [7, 11) is 0. The number of hydrogen-bond donors (Lipinski definition) is 1. The molecule has 3 nitrogen and oxygen atoms in total. The van der Waals surface area contributed by atoms with Crippen molar-refractivity contribution in [1.29, 1.82) is 0 Å². The Morgan fingerprint density at radius 1 is 1.28 bits per heavy atom. The number of hydrogen-bond acceptors (Lipinski definition) is 3. The number of aliphatic carboxylic acids is 1. The van der Waals surface area contributed by atoms with Crippen LogP contribution in [0.5, 0.6) is 0 Å². The van der Waals surface area contributed by atoms with Crippen LogP contribution in [0.15, 0.2) is 35.8 Å². The highest BCUT2D eigenvalue weighted by Gasteiger charge is 1.99. The Bertz CT molecular complexity index is 459. The maximum atomic E-state index is 10.1. The van der Waals surface area contributed by atoms with Gasteiger partial charge in [-0.2, -0.15) is 0 Å². The van der Waals surface area contributed by atoms with E-state index in [1.807, 2.05) is 5.38 Å². The highest BCUT2D eigenvalue weighted by Crippen LogP contribution is 2.06. The van der Waals surface area contributed by atoms with Crippen molar-refractivity contribution in [2.24, 2.45) is 0 Å². The van der Waals surface area contributed by atoms with Crippen molar-refractivity contribution in [2.45, 2.75) is 26.7 Å². The van der Waals surface area contributed by atoms with E-state index in [0.29, 0.717) is 6.42 Å². The molecule has 0 amide bonds. The molecule has 96 valence electrons. The number of carboxylic acid groups (broad SMARTS) is 1. The van der Waals surface area contributed by atoms with E-state index in [1.54, 1.807) is 6.20 Å². The van der Waals surface area contributed by atoms with E-state index in [0.717, 1.165) is 5.01 Å². The van der Waals surface area contributed by atoms with Gasteiger partial charge in [-0.25, -0.2) is 4.98 Å². The minimum absolute atomic E-state index is 0.174. The van der Waals surface area contributed by atoms with Gasteiger partial charge in [0, 0.05) is 18.0 Å². The van der Waals surface area contributed by atoms with Gasteiger partial charge in [-0.15, -0.1) is 11.3 Å². The lowest BCUT2D eigenvalue weighted by atomic mass is 10.1. The Morgan fingerprint density at radius 3 is 2.28 bits per heavy atom. The first-order valence-corrected chi connectivity index (χ1v) is 6.60. The van der Waals surface area contributed by atoms with E-state index in [4.69, 9.17) is 5.11 Å². The van der Waals surface area contributed by atoms with Gasteiger partial charge in [0.1, 0.15) is 0 Å². The molecule has 1 aromatic heterocycles. The number of nitrogens with zero attached hydrogens (tertiary/aromatic N) is 1. The SMILES string of the molecule is Cc1ccccc1C.O=C(O)CCc1nccs1. The van der Waals surface area contributed by atoms with Crippen LogP contribution in [0.1, 0.15) is 22.6 Å². The van der Waals surface area contributed by atoms with Crippen LogP contribution in [0.3, 0.4) is 0 Å². The van der Waals surface area contributed by atoms with Gasteiger partial charge in [0.05, 0.1) is 11.4 Å². The van der Waals surface area contributed by atoms with Gasteiger partial charge < -0.3 is 5.11 Å². The van der Waals surface area contributed by atoms with E-state index in [1.165, 1.54) is 22.5 Å². The number of rotatable bonds is 3. The molecule has 0 aliphatic rings. The zero-order valence-electron chi connectivity index (χ0n) is 10.6. The molecule has 0 bridgehead atoms. The largest absolute Gasteiger partial charge is 0.481 e. The maximum Gasteiger partial charge on any atom is 0.303 e. The molecule has 0 atom stereocenters. The summed E-state index contributed by atoms with van der Waals surface area (Å²) >= 11 is 1.49. The van der Waals surface area contributed by atoms with Gasteiger partial charge in [-0.05, 0) is 25.0 Å². The summed E-state index contributed by atoms with van der Waals surface area (Å²) in [5.41, 5.74) is 2.74. The van der Waals surface area contributed by atoms with Crippen LogP contribution in [0.25, 0.3) is 0 Å². The first-order chi connectivity index (χ1) is 8.59. The Hall–Kier alpha value is -1.68. The Balaban J connectivity index is 0.000000184. The molecule has 1 N–H and O–H groups in total. The van der Waals surface area contributed by atoms with Gasteiger partial charge >= 0.3 is 5.97 Å². The second-order valence-corrected chi connectivity index (χ2v) is 4.88. The Labute approximate surface area is 111 Å². The molecule has 2 aromatic rings. The van der Waals surface area contributed by atoms with Crippen LogP contribution in [-0.2, 0) is 11.2 Å². The van der Waals surface area contributed by atoms with Gasteiger partial charge in [-0.1, -0.05) is 24.3 Å². The van der Waals surface area contributed by atoms with Crippen LogP contribution in [0, 0.1) is 13.8 Å². The quantitative estimate of drug-likeness (QED) is 0.922. The summed E-state index contributed by atoms with van der Waals surface area (Å²) < 4.78 is 0. The fourth-order valence-electron chi connectivity index (χ4n) is 1.25. The first kappa shape index (κ1) is 14.4. The molecule has 0 aliphatic carbocycles. The molecular weight excluding hydrogens is 246 g/mol. The molecule has 1 aromatic carbocycles.